The SMILES string of the molecule is CN(c1ccnc(C#N)n1)[Si](C)(C)C. The van der Waals surface area contributed by atoms with Crippen LogP contribution in [-0.4, -0.2) is 25.3 Å². The van der Waals surface area contributed by atoms with Gasteiger partial charge in [0.25, 0.3) is 0 Å². The molecule has 0 spiro atoms. The summed E-state index contributed by atoms with van der Waals surface area (Å²) >= 11 is 0. The van der Waals surface area contributed by atoms with Gasteiger partial charge in [-0.2, -0.15) is 5.26 Å². The highest BCUT2D eigenvalue weighted by molar-refractivity contribution is 6.79. The summed E-state index contributed by atoms with van der Waals surface area (Å²) in [6.07, 6.45) is 1.62. The van der Waals surface area contributed by atoms with E-state index in [4.69, 9.17) is 5.26 Å². The van der Waals surface area contributed by atoms with Gasteiger partial charge in [0.05, 0.1) is 0 Å². The average molecular weight is 206 g/mol. The van der Waals surface area contributed by atoms with Crippen LogP contribution in [0.3, 0.4) is 0 Å². The minimum atomic E-state index is -1.40. The summed E-state index contributed by atoms with van der Waals surface area (Å²) in [6, 6.07) is 3.77. The monoisotopic (exact) mass is 206 g/mol. The Bertz CT molecular complexity index is 364. The van der Waals surface area contributed by atoms with Gasteiger partial charge in [-0.3, -0.25) is 0 Å². The van der Waals surface area contributed by atoms with E-state index in [1.807, 2.05) is 19.2 Å². The highest BCUT2D eigenvalue weighted by atomic mass is 28.3. The Hall–Kier alpha value is -1.41. The maximum Gasteiger partial charge on any atom is 0.234 e. The van der Waals surface area contributed by atoms with Gasteiger partial charge in [0.1, 0.15) is 20.1 Å². The van der Waals surface area contributed by atoms with Crippen LogP contribution in [-0.2, 0) is 0 Å². The van der Waals surface area contributed by atoms with Crippen LogP contribution in [0.1, 0.15) is 5.82 Å². The average Bonchev–Trinajstić information content (AvgIpc) is 2.15. The third-order valence-electron chi connectivity index (χ3n) is 2.09. The van der Waals surface area contributed by atoms with E-state index in [0.29, 0.717) is 0 Å². The lowest BCUT2D eigenvalue weighted by atomic mass is 10.5. The Morgan fingerprint density at radius 1 is 1.43 bits per heavy atom. The van der Waals surface area contributed by atoms with Crippen molar-refractivity contribution in [3.05, 3.63) is 18.1 Å². The topological polar surface area (TPSA) is 52.8 Å². The molecule has 0 aliphatic rings. The van der Waals surface area contributed by atoms with Gasteiger partial charge in [-0.15, -0.1) is 0 Å². The molecule has 0 fully saturated rings. The van der Waals surface area contributed by atoms with Crippen LogP contribution in [0.4, 0.5) is 5.82 Å². The third-order valence-corrected chi connectivity index (χ3v) is 4.33. The fraction of sp³-hybridized carbons (Fsp3) is 0.444. The van der Waals surface area contributed by atoms with Crippen LogP contribution >= 0.6 is 0 Å². The second-order valence-corrected chi connectivity index (χ2v) is 9.09. The van der Waals surface area contributed by atoms with Crippen LogP contribution in [0.5, 0.6) is 0 Å². The van der Waals surface area contributed by atoms with Crippen molar-refractivity contribution in [1.82, 2.24) is 9.97 Å². The Morgan fingerprint density at radius 3 is 2.57 bits per heavy atom. The molecule has 0 saturated heterocycles. The maximum atomic E-state index is 8.66. The molecule has 1 aromatic heterocycles. The molecular weight excluding hydrogens is 192 g/mol. The summed E-state index contributed by atoms with van der Waals surface area (Å²) < 4.78 is 2.15. The van der Waals surface area contributed by atoms with E-state index in [-0.39, 0.29) is 5.82 Å². The summed E-state index contributed by atoms with van der Waals surface area (Å²) in [5.41, 5.74) is 0. The predicted octanol–water partition coefficient (Wildman–Crippen LogP) is 1.62. The molecule has 0 aliphatic heterocycles. The number of hydrogen-bond donors (Lipinski definition) is 0. The van der Waals surface area contributed by atoms with Crippen LogP contribution < -0.4 is 4.57 Å². The molecule has 0 aromatic carbocycles. The van der Waals surface area contributed by atoms with Crippen molar-refractivity contribution in [3.8, 4) is 6.07 Å². The van der Waals surface area contributed by atoms with Crippen molar-refractivity contribution >= 4 is 14.1 Å². The summed E-state index contributed by atoms with van der Waals surface area (Å²) in [7, 11) is 0.606. The van der Waals surface area contributed by atoms with Gasteiger partial charge in [0.2, 0.25) is 5.82 Å². The molecule has 74 valence electrons. The van der Waals surface area contributed by atoms with E-state index in [0.717, 1.165) is 5.82 Å². The molecule has 5 heteroatoms. The number of anilines is 1. The molecule has 4 nitrogen and oxygen atoms in total. The molecule has 0 amide bonds. The first-order valence-corrected chi connectivity index (χ1v) is 7.87. The smallest absolute Gasteiger partial charge is 0.234 e. The van der Waals surface area contributed by atoms with E-state index >= 15 is 0 Å². The van der Waals surface area contributed by atoms with E-state index in [9.17, 15) is 0 Å². The predicted molar refractivity (Wildman–Crippen MR) is 58.5 cm³/mol. The lowest BCUT2D eigenvalue weighted by Gasteiger charge is -2.30. The fourth-order valence-electron chi connectivity index (χ4n) is 0.933. The van der Waals surface area contributed by atoms with Gasteiger partial charge >= 0.3 is 0 Å². The van der Waals surface area contributed by atoms with Gasteiger partial charge in [0.15, 0.2) is 0 Å². The molecule has 0 atom stereocenters. The minimum Gasteiger partial charge on any atom is -0.386 e. The zero-order valence-electron chi connectivity index (χ0n) is 8.94. The van der Waals surface area contributed by atoms with E-state index in [1.165, 1.54) is 0 Å². The van der Waals surface area contributed by atoms with Gasteiger partial charge in [-0.05, 0) is 13.1 Å². The summed E-state index contributed by atoms with van der Waals surface area (Å²) in [6.45, 7) is 6.67. The number of aromatic nitrogens is 2. The van der Waals surface area contributed by atoms with Crippen molar-refractivity contribution in [1.29, 1.82) is 5.26 Å². The molecule has 0 saturated carbocycles. The highest BCUT2D eigenvalue weighted by Gasteiger charge is 2.21. The second kappa shape index (κ2) is 3.76. The summed E-state index contributed by atoms with van der Waals surface area (Å²) in [5, 5.41) is 8.66. The second-order valence-electron chi connectivity index (χ2n) is 4.08. The molecule has 1 heterocycles. The first-order chi connectivity index (χ1) is 6.45. The molecule has 1 rings (SSSR count). The Balaban J connectivity index is 3.03. The van der Waals surface area contributed by atoms with E-state index < -0.39 is 8.24 Å². The fourth-order valence-corrected chi connectivity index (χ4v) is 1.75. The quantitative estimate of drug-likeness (QED) is 0.690. The summed E-state index contributed by atoms with van der Waals surface area (Å²) in [5.74, 6) is 1.06. The molecule has 0 radical (unpaired) electrons. The number of hydrogen-bond acceptors (Lipinski definition) is 4. The number of nitriles is 1. The number of nitrogens with zero attached hydrogens (tertiary/aromatic N) is 4. The third kappa shape index (κ3) is 2.30. The van der Waals surface area contributed by atoms with Gasteiger partial charge in [-0.25, -0.2) is 9.97 Å². The first kappa shape index (κ1) is 10.7. The lowest BCUT2D eigenvalue weighted by Crippen LogP contribution is -2.43. The normalized spacial score (nSPS) is 10.8. The Morgan fingerprint density at radius 2 is 2.07 bits per heavy atom. The molecule has 0 bridgehead atoms. The largest absolute Gasteiger partial charge is 0.386 e. The van der Waals surface area contributed by atoms with Gasteiger partial charge in [-0.1, -0.05) is 19.6 Å². The standard InChI is InChI=1S/C9H14N4Si/c1-13(14(2,3)4)9-5-6-11-8(7-10)12-9/h5-6H,1-4H3. The minimum absolute atomic E-state index is 0.229. The molecule has 0 unspecified atom stereocenters. The van der Waals surface area contributed by atoms with Crippen molar-refractivity contribution in [2.75, 3.05) is 11.6 Å². The number of rotatable bonds is 2. The lowest BCUT2D eigenvalue weighted by molar-refractivity contribution is 1.07. The van der Waals surface area contributed by atoms with Crippen molar-refractivity contribution in [3.63, 3.8) is 0 Å². The molecule has 14 heavy (non-hydrogen) atoms. The van der Waals surface area contributed by atoms with Gasteiger partial charge in [0, 0.05) is 6.20 Å². The molecule has 0 N–H and O–H groups in total. The molecule has 1 aromatic rings. The first-order valence-electron chi connectivity index (χ1n) is 4.42. The van der Waals surface area contributed by atoms with Crippen LogP contribution in [0, 0.1) is 11.3 Å². The van der Waals surface area contributed by atoms with E-state index in [1.54, 1.807) is 6.20 Å². The van der Waals surface area contributed by atoms with Crippen LogP contribution in [0.2, 0.25) is 19.6 Å². The summed E-state index contributed by atoms with van der Waals surface area (Å²) in [4.78, 5) is 7.98. The zero-order valence-corrected chi connectivity index (χ0v) is 9.94. The Labute approximate surface area is 85.3 Å². The van der Waals surface area contributed by atoms with Crippen LogP contribution in [0.15, 0.2) is 12.3 Å². The van der Waals surface area contributed by atoms with Crippen molar-refractivity contribution in [2.24, 2.45) is 0 Å². The van der Waals surface area contributed by atoms with Gasteiger partial charge < -0.3 is 4.57 Å². The molecule has 0 aliphatic carbocycles. The Kier molecular flexibility index (Phi) is 2.86. The van der Waals surface area contributed by atoms with Crippen molar-refractivity contribution in [2.45, 2.75) is 19.6 Å². The van der Waals surface area contributed by atoms with Crippen molar-refractivity contribution < 1.29 is 0 Å². The molecular formula is C9H14N4Si. The highest BCUT2D eigenvalue weighted by Crippen LogP contribution is 2.15. The van der Waals surface area contributed by atoms with Crippen LogP contribution in [0.25, 0.3) is 0 Å². The maximum absolute atomic E-state index is 8.66. The zero-order chi connectivity index (χ0) is 10.8. The van der Waals surface area contributed by atoms with E-state index in [2.05, 4.69) is 34.2 Å².